The second-order valence-corrected chi connectivity index (χ2v) is 11.5. The number of ether oxygens (including phenoxy) is 4. The molecule has 0 radical (unpaired) electrons. The number of nitrogens with one attached hydrogen (secondary N) is 1. The summed E-state index contributed by atoms with van der Waals surface area (Å²) in [5.41, 5.74) is 24.0. The smallest absolute Gasteiger partial charge is 0.186 e. The van der Waals surface area contributed by atoms with Gasteiger partial charge in [-0.3, -0.25) is 0 Å². The van der Waals surface area contributed by atoms with Crippen molar-refractivity contribution in [3.63, 3.8) is 0 Å². The Morgan fingerprint density at radius 1 is 0.810 bits per heavy atom. The molecule has 0 bridgehead atoms. The van der Waals surface area contributed by atoms with Crippen LogP contribution in [0.4, 0.5) is 0 Å². The summed E-state index contributed by atoms with van der Waals surface area (Å²) in [4.78, 5) is 0. The van der Waals surface area contributed by atoms with Crippen LogP contribution in [0.1, 0.15) is 25.7 Å². The lowest BCUT2D eigenvalue weighted by atomic mass is 9.77. The van der Waals surface area contributed by atoms with Crippen molar-refractivity contribution < 1.29 is 59.8 Å². The first-order valence-electron chi connectivity index (χ1n) is 14.5. The van der Waals surface area contributed by atoms with Crippen molar-refractivity contribution in [2.75, 3.05) is 32.8 Å². The van der Waals surface area contributed by atoms with Crippen molar-refractivity contribution in [2.45, 2.75) is 117 Å². The molecule has 2 heterocycles. The Kier molecular flexibility index (Phi) is 14.1. The van der Waals surface area contributed by atoms with Gasteiger partial charge in [-0.1, -0.05) is 0 Å². The fourth-order valence-corrected chi connectivity index (χ4v) is 5.75. The minimum Gasteiger partial charge on any atom is -0.396 e. The van der Waals surface area contributed by atoms with Crippen LogP contribution in [-0.4, -0.2) is 165 Å². The molecule has 3 aliphatic rings. The maximum absolute atomic E-state index is 11.5. The van der Waals surface area contributed by atoms with Crippen LogP contribution in [0.3, 0.4) is 0 Å². The van der Waals surface area contributed by atoms with Crippen LogP contribution < -0.4 is 28.3 Å². The summed E-state index contributed by atoms with van der Waals surface area (Å²) in [7, 11) is 0. The Labute approximate surface area is 244 Å². The van der Waals surface area contributed by atoms with Gasteiger partial charge in [0, 0.05) is 25.7 Å². The molecule has 0 aromatic carbocycles. The quantitative estimate of drug-likeness (QED) is 0.0809. The first-order valence-corrected chi connectivity index (χ1v) is 14.5. The zero-order valence-corrected chi connectivity index (χ0v) is 23.6. The van der Waals surface area contributed by atoms with Gasteiger partial charge in [-0.2, -0.15) is 0 Å². The molecule has 16 atom stereocenters. The van der Waals surface area contributed by atoms with Crippen molar-refractivity contribution in [3.05, 3.63) is 0 Å². The standard InChI is InChI=1S/C25H51N5O12/c26-7-11(33)3-2-10-6-12(27)23(21(38)22(10)41-25-20(37)15(28)17(34)14(9-32)40-25)42-24-16(29)19(36)18(35)13(39-24)8-30-4-1-5-31/h10-25,30-38H,1-9,26-29H2/t10-,11?,12+,13-,14-,15+,16-,17-,18-,19-,20-,21-,22+,23?,24-,25-/m1/s1. The summed E-state index contributed by atoms with van der Waals surface area (Å²) in [5.74, 6) is -0.473. The molecule has 17 heteroatoms. The third-order valence-electron chi connectivity index (χ3n) is 8.40. The van der Waals surface area contributed by atoms with Gasteiger partial charge in [-0.05, 0) is 38.1 Å². The molecule has 1 saturated carbocycles. The first-order chi connectivity index (χ1) is 19.9. The highest BCUT2D eigenvalue weighted by molar-refractivity contribution is 5.00. The van der Waals surface area contributed by atoms with Gasteiger partial charge in [-0.15, -0.1) is 0 Å². The van der Waals surface area contributed by atoms with Crippen LogP contribution in [0.25, 0.3) is 0 Å². The van der Waals surface area contributed by atoms with Crippen molar-refractivity contribution in [2.24, 2.45) is 28.9 Å². The van der Waals surface area contributed by atoms with Gasteiger partial charge in [0.05, 0.1) is 30.9 Å². The fraction of sp³-hybridized carbons (Fsp3) is 1.00. The molecule has 0 spiro atoms. The first kappa shape index (κ1) is 35.8. The van der Waals surface area contributed by atoms with Gasteiger partial charge in [0.2, 0.25) is 0 Å². The van der Waals surface area contributed by atoms with Crippen LogP contribution in [0.15, 0.2) is 0 Å². The van der Waals surface area contributed by atoms with Crippen LogP contribution in [0.5, 0.6) is 0 Å². The van der Waals surface area contributed by atoms with Gasteiger partial charge in [0.25, 0.3) is 0 Å². The van der Waals surface area contributed by atoms with Crippen molar-refractivity contribution in [3.8, 4) is 0 Å². The van der Waals surface area contributed by atoms with E-state index in [1.807, 2.05) is 0 Å². The normalized spacial score (nSPS) is 45.6. The number of hydrogen-bond donors (Lipinski definition) is 13. The van der Waals surface area contributed by atoms with Crippen LogP contribution >= 0.6 is 0 Å². The Balaban J connectivity index is 1.78. The van der Waals surface area contributed by atoms with E-state index >= 15 is 0 Å². The molecule has 2 aliphatic heterocycles. The predicted octanol–water partition coefficient (Wildman–Crippen LogP) is -6.92. The Bertz CT molecular complexity index is 792. The van der Waals surface area contributed by atoms with Gasteiger partial charge < -0.3 is 88.1 Å². The average Bonchev–Trinajstić information content (AvgIpc) is 2.98. The summed E-state index contributed by atoms with van der Waals surface area (Å²) in [6.45, 7) is -0.0393. The molecule has 0 aromatic rings. The maximum atomic E-state index is 11.5. The molecule has 17 nitrogen and oxygen atoms in total. The van der Waals surface area contributed by atoms with Gasteiger partial charge in [0.15, 0.2) is 12.6 Å². The van der Waals surface area contributed by atoms with Crippen molar-refractivity contribution in [1.29, 1.82) is 0 Å². The topological polar surface area (TPSA) is 315 Å². The molecule has 42 heavy (non-hydrogen) atoms. The Morgan fingerprint density at radius 2 is 1.48 bits per heavy atom. The van der Waals surface area contributed by atoms with Crippen LogP contribution in [0.2, 0.25) is 0 Å². The van der Waals surface area contributed by atoms with Gasteiger partial charge >= 0.3 is 0 Å². The van der Waals surface area contributed by atoms with E-state index in [-0.39, 0.29) is 32.5 Å². The molecule has 0 amide bonds. The minimum atomic E-state index is -1.51. The maximum Gasteiger partial charge on any atom is 0.186 e. The highest BCUT2D eigenvalue weighted by atomic mass is 16.7. The molecule has 1 aliphatic carbocycles. The Hall–Kier alpha value is -0.680. The van der Waals surface area contributed by atoms with Crippen molar-refractivity contribution in [1.82, 2.24) is 5.32 Å². The monoisotopic (exact) mass is 613 g/mol. The van der Waals surface area contributed by atoms with E-state index in [0.717, 1.165) is 0 Å². The van der Waals surface area contributed by atoms with E-state index < -0.39 is 104 Å². The molecule has 3 rings (SSSR count). The molecule has 248 valence electrons. The number of nitrogens with two attached hydrogens (primary N) is 4. The number of rotatable bonds is 14. The SMILES string of the molecule is NCC(O)CC[C@@H]1C[C@H](N)C(O[C@H]2O[C@H](CNCCCO)[C@@H](O)[C@H](O)[C@H]2N)[C@H](O)[C@H]1O[C@H]1O[C@H](CO)[C@@H](O)[C@H](N)[C@H]1O. The second-order valence-electron chi connectivity index (χ2n) is 11.5. The third-order valence-corrected chi connectivity index (χ3v) is 8.40. The number of aliphatic hydroxyl groups excluding tert-OH is 8. The van der Waals surface area contributed by atoms with E-state index in [0.29, 0.717) is 19.4 Å². The lowest BCUT2D eigenvalue weighted by Gasteiger charge is -2.49. The van der Waals surface area contributed by atoms with E-state index in [4.69, 9.17) is 47.0 Å². The molecular weight excluding hydrogens is 562 g/mol. The minimum absolute atomic E-state index is 0.0229. The van der Waals surface area contributed by atoms with Crippen molar-refractivity contribution >= 4 is 0 Å². The lowest BCUT2D eigenvalue weighted by Crippen LogP contribution is -2.67. The van der Waals surface area contributed by atoms with Crippen LogP contribution in [-0.2, 0) is 18.9 Å². The molecule has 2 saturated heterocycles. The van der Waals surface area contributed by atoms with Crippen LogP contribution in [0, 0.1) is 5.92 Å². The summed E-state index contributed by atoms with van der Waals surface area (Å²) in [5, 5.41) is 85.1. The molecular formula is C25H51N5O12. The predicted molar refractivity (Wildman–Crippen MR) is 145 cm³/mol. The van der Waals surface area contributed by atoms with Gasteiger partial charge in [0.1, 0.15) is 48.8 Å². The van der Waals surface area contributed by atoms with E-state index in [2.05, 4.69) is 5.32 Å². The van der Waals surface area contributed by atoms with E-state index in [1.165, 1.54) is 0 Å². The Morgan fingerprint density at radius 3 is 2.12 bits per heavy atom. The molecule has 17 N–H and O–H groups in total. The zero-order chi connectivity index (χ0) is 31.1. The summed E-state index contributed by atoms with van der Waals surface area (Å²) < 4.78 is 23.5. The van der Waals surface area contributed by atoms with Gasteiger partial charge in [-0.25, -0.2) is 0 Å². The fourth-order valence-electron chi connectivity index (χ4n) is 5.75. The third kappa shape index (κ3) is 8.52. The second kappa shape index (κ2) is 16.6. The van der Waals surface area contributed by atoms with E-state index in [9.17, 15) is 35.7 Å². The van der Waals surface area contributed by atoms with E-state index in [1.54, 1.807) is 0 Å². The zero-order valence-electron chi connectivity index (χ0n) is 23.6. The summed E-state index contributed by atoms with van der Waals surface area (Å²) >= 11 is 0. The highest BCUT2D eigenvalue weighted by Gasteiger charge is 2.51. The number of aliphatic hydroxyl groups is 8. The summed E-state index contributed by atoms with van der Waals surface area (Å²) in [6.07, 6.45) is -13.6. The molecule has 2 unspecified atom stereocenters. The highest BCUT2D eigenvalue weighted by Crippen LogP contribution is 2.36. The lowest BCUT2D eigenvalue weighted by molar-refractivity contribution is -0.324. The number of hydrogen-bond acceptors (Lipinski definition) is 17. The average molecular weight is 614 g/mol. The molecule has 3 fully saturated rings. The largest absolute Gasteiger partial charge is 0.396 e. The molecule has 0 aromatic heterocycles. The summed E-state index contributed by atoms with van der Waals surface area (Å²) in [6, 6.07) is -3.19.